The van der Waals surface area contributed by atoms with E-state index in [1.54, 1.807) is 6.21 Å². The molecule has 0 saturated heterocycles. The molecule has 0 aromatic heterocycles. The van der Waals surface area contributed by atoms with Crippen LogP contribution in [0.5, 0.6) is 0 Å². The fraction of sp³-hybridized carbons (Fsp3) is 0.0714. The van der Waals surface area contributed by atoms with Crippen LogP contribution in [-0.2, 0) is 0 Å². The zero-order valence-electron chi connectivity index (χ0n) is 9.32. The Hall–Kier alpha value is -1.31. The number of nitrogens with zero attached hydrogens (tertiary/aromatic N) is 1. The van der Waals surface area contributed by atoms with Gasteiger partial charge in [-0.1, -0.05) is 41.4 Å². The molecule has 0 radical (unpaired) electrons. The van der Waals surface area contributed by atoms with Gasteiger partial charge in [-0.2, -0.15) is 0 Å². The van der Waals surface area contributed by atoms with Gasteiger partial charge in [0.15, 0.2) is 0 Å². The quantitative estimate of drug-likeness (QED) is 0.673. The van der Waals surface area contributed by atoms with Crippen molar-refractivity contribution in [1.29, 1.82) is 0 Å². The van der Waals surface area contributed by atoms with Gasteiger partial charge in [0.1, 0.15) is 0 Å². The summed E-state index contributed by atoms with van der Waals surface area (Å²) in [6, 6.07) is 13.2. The third-order valence-corrected chi connectivity index (χ3v) is 3.12. The van der Waals surface area contributed by atoms with Crippen molar-refractivity contribution in [2.45, 2.75) is 6.92 Å². The summed E-state index contributed by atoms with van der Waals surface area (Å²) in [5.74, 6) is 0. The van der Waals surface area contributed by atoms with E-state index in [0.717, 1.165) is 26.9 Å². The van der Waals surface area contributed by atoms with Crippen LogP contribution < -0.4 is 0 Å². The van der Waals surface area contributed by atoms with Gasteiger partial charge >= 0.3 is 0 Å². The van der Waals surface area contributed by atoms with Gasteiger partial charge in [-0.15, -0.1) is 0 Å². The predicted octanol–water partition coefficient (Wildman–Crippen LogP) is 5.05. The maximum atomic E-state index is 6.03. The Morgan fingerprint density at radius 3 is 2.41 bits per heavy atom. The fourth-order valence-corrected chi connectivity index (χ4v) is 1.72. The van der Waals surface area contributed by atoms with Gasteiger partial charge in [0, 0.05) is 16.3 Å². The molecular formula is C14H11Cl2N. The molecule has 0 aliphatic heterocycles. The van der Waals surface area contributed by atoms with E-state index in [2.05, 4.69) is 4.99 Å². The third kappa shape index (κ3) is 3.09. The molecule has 1 nitrogen and oxygen atoms in total. The fourth-order valence-electron chi connectivity index (χ4n) is 1.43. The van der Waals surface area contributed by atoms with Gasteiger partial charge in [0.05, 0.1) is 5.69 Å². The Morgan fingerprint density at radius 1 is 1.00 bits per heavy atom. The number of hydrogen-bond donors (Lipinski definition) is 0. The predicted molar refractivity (Wildman–Crippen MR) is 74.9 cm³/mol. The minimum Gasteiger partial charge on any atom is -0.256 e. The Bertz CT molecular complexity index is 545. The summed E-state index contributed by atoms with van der Waals surface area (Å²) in [6.07, 6.45) is 1.80. The molecule has 86 valence electrons. The lowest BCUT2D eigenvalue weighted by atomic mass is 10.2. The van der Waals surface area contributed by atoms with Crippen LogP contribution in [0.3, 0.4) is 0 Å². The van der Waals surface area contributed by atoms with Gasteiger partial charge in [-0.3, -0.25) is 4.99 Å². The van der Waals surface area contributed by atoms with E-state index in [4.69, 9.17) is 23.2 Å². The highest BCUT2D eigenvalue weighted by Gasteiger charge is 1.99. The molecule has 0 aliphatic carbocycles. The van der Waals surface area contributed by atoms with Crippen molar-refractivity contribution < 1.29 is 0 Å². The van der Waals surface area contributed by atoms with Crippen molar-refractivity contribution in [2.75, 3.05) is 0 Å². The summed E-state index contributed by atoms with van der Waals surface area (Å²) in [7, 11) is 0. The zero-order valence-corrected chi connectivity index (χ0v) is 10.8. The van der Waals surface area contributed by atoms with Crippen LogP contribution in [0.1, 0.15) is 11.1 Å². The van der Waals surface area contributed by atoms with E-state index in [-0.39, 0.29) is 0 Å². The molecule has 0 spiro atoms. The number of aliphatic imine (C=N–C) groups is 1. The van der Waals surface area contributed by atoms with E-state index in [1.165, 1.54) is 0 Å². The van der Waals surface area contributed by atoms with E-state index >= 15 is 0 Å². The van der Waals surface area contributed by atoms with Gasteiger partial charge in [0.25, 0.3) is 0 Å². The molecule has 0 amide bonds. The highest BCUT2D eigenvalue weighted by atomic mass is 35.5. The number of benzene rings is 2. The average Bonchev–Trinajstić information content (AvgIpc) is 2.33. The maximum absolute atomic E-state index is 6.03. The topological polar surface area (TPSA) is 12.4 Å². The molecule has 2 aromatic carbocycles. The van der Waals surface area contributed by atoms with Gasteiger partial charge in [-0.05, 0) is 42.3 Å². The normalized spacial score (nSPS) is 11.0. The van der Waals surface area contributed by atoms with Crippen molar-refractivity contribution in [2.24, 2.45) is 4.99 Å². The summed E-state index contributed by atoms with van der Waals surface area (Å²) in [5.41, 5.74) is 2.88. The van der Waals surface area contributed by atoms with E-state index in [9.17, 15) is 0 Å². The summed E-state index contributed by atoms with van der Waals surface area (Å²) in [4.78, 5) is 4.41. The lowest BCUT2D eigenvalue weighted by Gasteiger charge is -2.01. The molecular weight excluding hydrogens is 253 g/mol. The van der Waals surface area contributed by atoms with Crippen LogP contribution in [0.4, 0.5) is 5.69 Å². The average molecular weight is 264 g/mol. The van der Waals surface area contributed by atoms with Crippen LogP contribution in [0.2, 0.25) is 10.0 Å². The first kappa shape index (κ1) is 12.2. The van der Waals surface area contributed by atoms with E-state index in [1.807, 2.05) is 49.4 Å². The highest BCUT2D eigenvalue weighted by molar-refractivity contribution is 6.31. The summed E-state index contributed by atoms with van der Waals surface area (Å²) < 4.78 is 0. The molecule has 17 heavy (non-hydrogen) atoms. The first-order valence-electron chi connectivity index (χ1n) is 5.21. The molecule has 0 unspecified atom stereocenters. The Morgan fingerprint density at radius 2 is 1.71 bits per heavy atom. The second kappa shape index (κ2) is 5.35. The molecule has 0 atom stereocenters. The third-order valence-electron chi connectivity index (χ3n) is 2.46. The second-order valence-electron chi connectivity index (χ2n) is 3.69. The number of rotatable bonds is 2. The van der Waals surface area contributed by atoms with E-state index in [0.29, 0.717) is 0 Å². The van der Waals surface area contributed by atoms with Crippen LogP contribution in [0, 0.1) is 6.92 Å². The SMILES string of the molecule is Cc1c(Cl)cccc1/N=C/c1ccc(Cl)cc1. The van der Waals surface area contributed by atoms with Crippen LogP contribution in [0.25, 0.3) is 0 Å². The molecule has 0 N–H and O–H groups in total. The lowest BCUT2D eigenvalue weighted by Crippen LogP contribution is -1.81. The minimum atomic E-state index is 0.723. The van der Waals surface area contributed by atoms with Crippen molar-refractivity contribution in [3.05, 3.63) is 63.6 Å². The molecule has 0 bridgehead atoms. The molecule has 0 saturated carbocycles. The zero-order chi connectivity index (χ0) is 12.3. The molecule has 2 rings (SSSR count). The summed E-state index contributed by atoms with van der Waals surface area (Å²) >= 11 is 11.8. The van der Waals surface area contributed by atoms with Gasteiger partial charge in [0.2, 0.25) is 0 Å². The molecule has 3 heteroatoms. The van der Waals surface area contributed by atoms with Gasteiger partial charge in [-0.25, -0.2) is 0 Å². The molecule has 0 aliphatic rings. The molecule has 0 heterocycles. The monoisotopic (exact) mass is 263 g/mol. The van der Waals surface area contributed by atoms with Crippen molar-refractivity contribution in [3.63, 3.8) is 0 Å². The second-order valence-corrected chi connectivity index (χ2v) is 4.54. The summed E-state index contributed by atoms with van der Waals surface area (Å²) in [5, 5.41) is 1.46. The standard InChI is InChI=1S/C14H11Cl2N/c1-10-13(16)3-2-4-14(10)17-9-11-5-7-12(15)8-6-11/h2-9H,1H3/b17-9+. The summed E-state index contributed by atoms with van der Waals surface area (Å²) in [6.45, 7) is 1.96. The lowest BCUT2D eigenvalue weighted by molar-refractivity contribution is 1.40. The van der Waals surface area contributed by atoms with Crippen molar-refractivity contribution >= 4 is 35.1 Å². The van der Waals surface area contributed by atoms with Gasteiger partial charge < -0.3 is 0 Å². The van der Waals surface area contributed by atoms with Crippen LogP contribution in [0.15, 0.2) is 47.5 Å². The van der Waals surface area contributed by atoms with Crippen molar-refractivity contribution in [3.8, 4) is 0 Å². The smallest absolute Gasteiger partial charge is 0.0673 e. The Kier molecular flexibility index (Phi) is 3.82. The number of halogens is 2. The van der Waals surface area contributed by atoms with Crippen LogP contribution >= 0.6 is 23.2 Å². The van der Waals surface area contributed by atoms with Crippen molar-refractivity contribution in [1.82, 2.24) is 0 Å². The molecule has 2 aromatic rings. The Balaban J connectivity index is 2.26. The minimum absolute atomic E-state index is 0.723. The van der Waals surface area contributed by atoms with Crippen LogP contribution in [-0.4, -0.2) is 6.21 Å². The highest BCUT2D eigenvalue weighted by Crippen LogP contribution is 2.25. The van der Waals surface area contributed by atoms with E-state index < -0.39 is 0 Å². The first-order chi connectivity index (χ1) is 8.16. The maximum Gasteiger partial charge on any atom is 0.0673 e. The Labute approximate surface area is 111 Å². The first-order valence-corrected chi connectivity index (χ1v) is 5.97. The molecule has 0 fully saturated rings. The largest absolute Gasteiger partial charge is 0.256 e. The number of hydrogen-bond acceptors (Lipinski definition) is 1.